The molecule has 27 heavy (non-hydrogen) atoms. The van der Waals surface area contributed by atoms with Crippen LogP contribution in [0, 0.1) is 13.8 Å². The zero-order valence-electron chi connectivity index (χ0n) is 15.4. The van der Waals surface area contributed by atoms with Crippen molar-refractivity contribution in [2.45, 2.75) is 33.5 Å². The molecule has 0 fully saturated rings. The molecule has 3 aromatic rings. The lowest BCUT2D eigenvalue weighted by molar-refractivity contribution is 0.0694. The Kier molecular flexibility index (Phi) is 5.94. The van der Waals surface area contributed by atoms with Gasteiger partial charge in [-0.2, -0.15) is 0 Å². The van der Waals surface area contributed by atoms with Crippen LogP contribution in [0.25, 0.3) is 0 Å². The number of nitrogens with zero attached hydrogens (tertiary/aromatic N) is 2. The number of rotatable bonds is 7. The summed E-state index contributed by atoms with van der Waals surface area (Å²) < 4.78 is 2.02. The van der Waals surface area contributed by atoms with Crippen molar-refractivity contribution in [1.29, 1.82) is 0 Å². The fourth-order valence-electron chi connectivity index (χ4n) is 3.32. The lowest BCUT2D eigenvalue weighted by Gasteiger charge is -2.11. The summed E-state index contributed by atoms with van der Waals surface area (Å²) in [6, 6.07) is 11.5. The molecule has 2 N–H and O–H groups in total. The monoisotopic (exact) mass is 383 g/mol. The van der Waals surface area contributed by atoms with Crippen molar-refractivity contribution in [2.75, 3.05) is 0 Å². The molecule has 0 saturated carbocycles. The standard InChI is InChI=1S/C21H22ClN3O2/c1-14-18(12-24-11-16-6-5-9-23-10-16)20(21(26)27)15(2)25(14)13-17-7-3-4-8-19(17)22/h3-10,24H,11-13H2,1-2H3,(H,26,27). The minimum Gasteiger partial charge on any atom is -0.478 e. The number of aromatic carboxylic acids is 1. The molecular weight excluding hydrogens is 362 g/mol. The zero-order chi connectivity index (χ0) is 19.4. The molecule has 5 nitrogen and oxygen atoms in total. The maximum absolute atomic E-state index is 11.9. The van der Waals surface area contributed by atoms with Crippen molar-refractivity contribution in [3.8, 4) is 0 Å². The third kappa shape index (κ3) is 4.21. The van der Waals surface area contributed by atoms with Crippen molar-refractivity contribution < 1.29 is 9.90 Å². The molecule has 0 aliphatic heterocycles. The van der Waals surface area contributed by atoms with Gasteiger partial charge >= 0.3 is 5.97 Å². The van der Waals surface area contributed by atoms with Gasteiger partial charge in [0, 0.05) is 54.0 Å². The van der Waals surface area contributed by atoms with E-state index in [4.69, 9.17) is 11.6 Å². The van der Waals surface area contributed by atoms with Gasteiger partial charge in [0.1, 0.15) is 0 Å². The highest BCUT2D eigenvalue weighted by Gasteiger charge is 2.22. The number of carboxylic acid groups (broad SMARTS) is 1. The van der Waals surface area contributed by atoms with Crippen LogP contribution in [0.1, 0.15) is 38.4 Å². The molecule has 3 rings (SSSR count). The Hall–Kier alpha value is -2.63. The average molecular weight is 384 g/mol. The fourth-order valence-corrected chi connectivity index (χ4v) is 3.51. The van der Waals surface area contributed by atoms with E-state index in [1.165, 1.54) is 0 Å². The lowest BCUT2D eigenvalue weighted by atomic mass is 10.1. The van der Waals surface area contributed by atoms with Crippen LogP contribution in [0.2, 0.25) is 5.02 Å². The fraction of sp³-hybridized carbons (Fsp3) is 0.238. The SMILES string of the molecule is Cc1c(CNCc2cccnc2)c(C(=O)O)c(C)n1Cc1ccccc1Cl. The van der Waals surface area contributed by atoms with E-state index in [9.17, 15) is 9.90 Å². The molecular formula is C21H22ClN3O2. The molecule has 0 radical (unpaired) electrons. The second kappa shape index (κ2) is 8.37. The van der Waals surface area contributed by atoms with Crippen molar-refractivity contribution >= 4 is 17.6 Å². The minimum absolute atomic E-state index is 0.359. The first kappa shape index (κ1) is 19.1. The average Bonchev–Trinajstić information content (AvgIpc) is 2.89. The molecule has 0 aliphatic carbocycles. The molecule has 140 valence electrons. The van der Waals surface area contributed by atoms with Gasteiger partial charge in [0.25, 0.3) is 0 Å². The highest BCUT2D eigenvalue weighted by molar-refractivity contribution is 6.31. The van der Waals surface area contributed by atoms with E-state index in [2.05, 4.69) is 10.3 Å². The number of aromatic nitrogens is 2. The number of nitrogens with one attached hydrogen (secondary N) is 1. The summed E-state index contributed by atoms with van der Waals surface area (Å²) in [6.45, 7) is 5.44. The van der Waals surface area contributed by atoms with E-state index >= 15 is 0 Å². The first-order valence-electron chi connectivity index (χ1n) is 8.74. The number of carbonyl (C=O) groups is 1. The van der Waals surface area contributed by atoms with Crippen LogP contribution in [0.3, 0.4) is 0 Å². The van der Waals surface area contributed by atoms with Crippen molar-refractivity contribution in [3.63, 3.8) is 0 Å². The number of hydrogen-bond donors (Lipinski definition) is 2. The second-order valence-electron chi connectivity index (χ2n) is 6.47. The van der Waals surface area contributed by atoms with Gasteiger partial charge in [-0.05, 0) is 37.1 Å². The van der Waals surface area contributed by atoms with Gasteiger partial charge in [-0.25, -0.2) is 4.79 Å². The summed E-state index contributed by atoms with van der Waals surface area (Å²) in [5.41, 5.74) is 4.85. The molecule has 0 atom stereocenters. The van der Waals surface area contributed by atoms with Crippen molar-refractivity contribution in [3.05, 3.63) is 87.5 Å². The quantitative estimate of drug-likeness (QED) is 0.642. The molecule has 0 amide bonds. The third-order valence-electron chi connectivity index (χ3n) is 4.76. The topological polar surface area (TPSA) is 67.2 Å². The Labute approximate surface area is 163 Å². The highest BCUT2D eigenvalue weighted by atomic mass is 35.5. The van der Waals surface area contributed by atoms with Crippen LogP contribution in [0.15, 0.2) is 48.8 Å². The van der Waals surface area contributed by atoms with Gasteiger partial charge in [0.2, 0.25) is 0 Å². The van der Waals surface area contributed by atoms with Crippen LogP contribution in [-0.4, -0.2) is 20.6 Å². The summed E-state index contributed by atoms with van der Waals surface area (Å²) in [4.78, 5) is 16.0. The van der Waals surface area contributed by atoms with E-state index in [1.54, 1.807) is 12.4 Å². The predicted molar refractivity (Wildman–Crippen MR) is 106 cm³/mol. The zero-order valence-corrected chi connectivity index (χ0v) is 16.1. The second-order valence-corrected chi connectivity index (χ2v) is 6.88. The van der Waals surface area contributed by atoms with Crippen LogP contribution >= 0.6 is 11.6 Å². The molecule has 2 heterocycles. The molecule has 0 saturated heterocycles. The molecule has 1 aromatic carbocycles. The van der Waals surface area contributed by atoms with Gasteiger partial charge in [-0.3, -0.25) is 4.98 Å². The number of hydrogen-bond acceptors (Lipinski definition) is 3. The molecule has 0 unspecified atom stereocenters. The molecule has 2 aromatic heterocycles. The third-order valence-corrected chi connectivity index (χ3v) is 5.13. The molecule has 0 bridgehead atoms. The van der Waals surface area contributed by atoms with Crippen LogP contribution in [0.4, 0.5) is 0 Å². The summed E-state index contributed by atoms with van der Waals surface area (Å²) in [5.74, 6) is -0.910. The van der Waals surface area contributed by atoms with E-state index in [-0.39, 0.29) is 0 Å². The van der Waals surface area contributed by atoms with Crippen LogP contribution in [-0.2, 0) is 19.6 Å². The Balaban J connectivity index is 1.87. The number of benzene rings is 1. The van der Waals surface area contributed by atoms with E-state index in [0.717, 1.165) is 28.1 Å². The minimum atomic E-state index is -0.910. The molecule has 0 spiro atoms. The highest BCUT2D eigenvalue weighted by Crippen LogP contribution is 2.25. The van der Waals surface area contributed by atoms with E-state index < -0.39 is 5.97 Å². The summed E-state index contributed by atoms with van der Waals surface area (Å²) in [7, 11) is 0. The summed E-state index contributed by atoms with van der Waals surface area (Å²) >= 11 is 6.29. The normalized spacial score (nSPS) is 10.9. The Morgan fingerprint density at radius 1 is 1.15 bits per heavy atom. The van der Waals surface area contributed by atoms with Gasteiger partial charge in [-0.15, -0.1) is 0 Å². The Morgan fingerprint density at radius 3 is 2.59 bits per heavy atom. The van der Waals surface area contributed by atoms with Crippen molar-refractivity contribution in [1.82, 2.24) is 14.9 Å². The number of carboxylic acids is 1. The van der Waals surface area contributed by atoms with Gasteiger partial charge in [-0.1, -0.05) is 35.9 Å². The maximum Gasteiger partial charge on any atom is 0.337 e. The number of pyridine rings is 1. The predicted octanol–water partition coefficient (Wildman–Crippen LogP) is 4.19. The first-order valence-corrected chi connectivity index (χ1v) is 9.11. The van der Waals surface area contributed by atoms with Gasteiger partial charge in [0.15, 0.2) is 0 Å². The number of halogens is 1. The first-order chi connectivity index (χ1) is 13.0. The maximum atomic E-state index is 11.9. The Morgan fingerprint density at radius 2 is 1.93 bits per heavy atom. The van der Waals surface area contributed by atoms with Crippen molar-refractivity contribution in [2.24, 2.45) is 0 Å². The smallest absolute Gasteiger partial charge is 0.337 e. The van der Waals surface area contributed by atoms with E-state index in [0.29, 0.717) is 30.2 Å². The Bertz CT molecular complexity index is 952. The lowest BCUT2D eigenvalue weighted by Crippen LogP contribution is -2.15. The summed E-state index contributed by atoms with van der Waals surface area (Å²) in [6.07, 6.45) is 3.53. The molecule has 6 heteroatoms. The van der Waals surface area contributed by atoms with Gasteiger partial charge < -0.3 is 15.0 Å². The van der Waals surface area contributed by atoms with Gasteiger partial charge in [0.05, 0.1) is 5.56 Å². The molecule has 0 aliphatic rings. The largest absolute Gasteiger partial charge is 0.478 e. The summed E-state index contributed by atoms with van der Waals surface area (Å²) in [5, 5.41) is 13.8. The van der Waals surface area contributed by atoms with E-state index in [1.807, 2.05) is 54.8 Å². The van der Waals surface area contributed by atoms with Crippen LogP contribution in [0.5, 0.6) is 0 Å². The van der Waals surface area contributed by atoms with Crippen LogP contribution < -0.4 is 5.32 Å².